The molecule has 1 aliphatic rings. The van der Waals surface area contributed by atoms with Crippen LogP contribution in [-0.2, 0) is 9.53 Å². The molecule has 0 bridgehead atoms. The van der Waals surface area contributed by atoms with E-state index in [2.05, 4.69) is 15.4 Å². The lowest BCUT2D eigenvalue weighted by Crippen LogP contribution is -2.29. The summed E-state index contributed by atoms with van der Waals surface area (Å²) in [4.78, 5) is 16.4. The van der Waals surface area contributed by atoms with E-state index in [0.717, 1.165) is 16.8 Å². The molecule has 2 aromatic rings. The van der Waals surface area contributed by atoms with Gasteiger partial charge in [-0.3, -0.25) is 0 Å². The Hall–Kier alpha value is -2.63. The van der Waals surface area contributed by atoms with Gasteiger partial charge >= 0.3 is 5.97 Å². The van der Waals surface area contributed by atoms with Gasteiger partial charge in [0, 0.05) is 5.70 Å². The highest BCUT2D eigenvalue weighted by molar-refractivity contribution is 5.92. The topological polar surface area (TPSA) is 69.0 Å². The Labute approximate surface area is 122 Å². The molecular formula is C15H16N4O2. The molecule has 1 atom stereocenters. The molecule has 1 aliphatic heterocycles. The van der Waals surface area contributed by atoms with Crippen LogP contribution in [0, 0.1) is 6.92 Å². The number of hydrogen-bond donors (Lipinski definition) is 1. The summed E-state index contributed by atoms with van der Waals surface area (Å²) in [6.45, 7) is 3.86. The number of anilines is 1. The number of rotatable bonds is 2. The normalized spacial score (nSPS) is 17.2. The van der Waals surface area contributed by atoms with Gasteiger partial charge in [-0.1, -0.05) is 29.8 Å². The van der Waals surface area contributed by atoms with Crippen LogP contribution in [0.3, 0.4) is 0 Å². The smallest absolute Gasteiger partial charge is 0.338 e. The van der Waals surface area contributed by atoms with E-state index in [9.17, 15) is 4.79 Å². The third-order valence-corrected chi connectivity index (χ3v) is 3.56. The van der Waals surface area contributed by atoms with Gasteiger partial charge in [0.1, 0.15) is 12.4 Å². The predicted molar refractivity (Wildman–Crippen MR) is 77.7 cm³/mol. The van der Waals surface area contributed by atoms with Crippen molar-refractivity contribution >= 4 is 11.9 Å². The number of aryl methyl sites for hydroxylation is 1. The number of esters is 1. The highest BCUT2D eigenvalue weighted by Crippen LogP contribution is 2.35. The quantitative estimate of drug-likeness (QED) is 0.855. The van der Waals surface area contributed by atoms with Gasteiger partial charge in [-0.2, -0.15) is 10.1 Å². The van der Waals surface area contributed by atoms with Gasteiger partial charge in [-0.15, -0.1) is 0 Å². The number of allylic oxidation sites excluding steroid dienone is 1. The molecule has 0 spiro atoms. The fraction of sp³-hybridized carbons (Fsp3) is 0.267. The monoisotopic (exact) mass is 284 g/mol. The number of carbonyl (C=O) groups excluding carboxylic acids is 1. The summed E-state index contributed by atoms with van der Waals surface area (Å²) in [7, 11) is 1.38. The number of nitrogens with zero attached hydrogens (tertiary/aromatic N) is 3. The Morgan fingerprint density at radius 3 is 2.90 bits per heavy atom. The molecule has 21 heavy (non-hydrogen) atoms. The van der Waals surface area contributed by atoms with Crippen molar-refractivity contribution in [2.45, 2.75) is 19.9 Å². The average Bonchev–Trinajstić information content (AvgIpc) is 2.92. The average molecular weight is 284 g/mol. The number of benzene rings is 1. The van der Waals surface area contributed by atoms with Gasteiger partial charge in [-0.25, -0.2) is 9.48 Å². The van der Waals surface area contributed by atoms with Crippen LogP contribution in [0.4, 0.5) is 5.95 Å². The van der Waals surface area contributed by atoms with Crippen LogP contribution < -0.4 is 5.32 Å². The molecule has 0 amide bonds. The fourth-order valence-corrected chi connectivity index (χ4v) is 2.61. The zero-order chi connectivity index (χ0) is 15.0. The van der Waals surface area contributed by atoms with E-state index in [0.29, 0.717) is 11.5 Å². The molecule has 0 unspecified atom stereocenters. The maximum atomic E-state index is 12.2. The number of fused-ring (bicyclic) bond motifs is 1. The first-order valence-electron chi connectivity index (χ1n) is 6.64. The number of hydrogen-bond acceptors (Lipinski definition) is 5. The molecule has 0 saturated carbocycles. The van der Waals surface area contributed by atoms with Crippen molar-refractivity contribution in [3.63, 3.8) is 0 Å². The number of aromatic nitrogens is 3. The van der Waals surface area contributed by atoms with Gasteiger partial charge in [-0.05, 0) is 19.4 Å². The highest BCUT2D eigenvalue weighted by atomic mass is 16.5. The molecule has 0 radical (unpaired) electrons. The Balaban J connectivity index is 2.20. The Morgan fingerprint density at radius 2 is 2.19 bits per heavy atom. The molecule has 0 aliphatic carbocycles. The van der Waals surface area contributed by atoms with Gasteiger partial charge in [0.15, 0.2) is 0 Å². The van der Waals surface area contributed by atoms with E-state index in [1.165, 1.54) is 13.4 Å². The molecule has 1 aromatic heterocycles. The molecule has 108 valence electrons. The largest absolute Gasteiger partial charge is 0.466 e. The van der Waals surface area contributed by atoms with Crippen molar-refractivity contribution in [2.75, 3.05) is 12.4 Å². The molecule has 2 heterocycles. The molecule has 6 nitrogen and oxygen atoms in total. The van der Waals surface area contributed by atoms with Gasteiger partial charge in [0.25, 0.3) is 0 Å². The number of nitrogens with one attached hydrogen (secondary N) is 1. The van der Waals surface area contributed by atoms with Gasteiger partial charge < -0.3 is 10.1 Å². The standard InChI is InChI=1S/C15H16N4O2/c1-9-5-4-6-11(7-9)13-12(14(20)21-3)10(2)18-15-16-8-17-19(13)15/h4-8,13H,1-3H3,(H,16,17,18)/t13-/m0/s1. The second-order valence-electron chi connectivity index (χ2n) is 5.00. The van der Waals surface area contributed by atoms with Crippen molar-refractivity contribution in [1.82, 2.24) is 14.8 Å². The van der Waals surface area contributed by atoms with E-state index < -0.39 is 0 Å². The predicted octanol–water partition coefficient (Wildman–Crippen LogP) is 2.05. The summed E-state index contributed by atoms with van der Waals surface area (Å²) in [6, 6.07) is 7.66. The fourth-order valence-electron chi connectivity index (χ4n) is 2.61. The van der Waals surface area contributed by atoms with Crippen molar-refractivity contribution in [1.29, 1.82) is 0 Å². The second kappa shape index (κ2) is 5.05. The molecule has 0 saturated heterocycles. The summed E-state index contributed by atoms with van der Waals surface area (Å²) in [5.74, 6) is 0.249. The lowest BCUT2D eigenvalue weighted by atomic mass is 9.95. The van der Waals surface area contributed by atoms with Crippen molar-refractivity contribution in [3.8, 4) is 0 Å². The molecule has 1 aromatic carbocycles. The Kier molecular flexibility index (Phi) is 3.21. The van der Waals surface area contributed by atoms with E-state index in [1.54, 1.807) is 4.68 Å². The third kappa shape index (κ3) is 2.18. The first-order valence-corrected chi connectivity index (χ1v) is 6.64. The van der Waals surface area contributed by atoms with Crippen LogP contribution >= 0.6 is 0 Å². The maximum Gasteiger partial charge on any atom is 0.338 e. The summed E-state index contributed by atoms with van der Waals surface area (Å²) in [5.41, 5.74) is 3.37. The third-order valence-electron chi connectivity index (χ3n) is 3.56. The van der Waals surface area contributed by atoms with Crippen molar-refractivity contribution < 1.29 is 9.53 Å². The van der Waals surface area contributed by atoms with E-state index in [-0.39, 0.29) is 12.0 Å². The van der Waals surface area contributed by atoms with E-state index >= 15 is 0 Å². The molecule has 3 rings (SSSR count). The zero-order valence-corrected chi connectivity index (χ0v) is 12.1. The molecular weight excluding hydrogens is 268 g/mol. The van der Waals surface area contributed by atoms with Crippen LogP contribution in [0.15, 0.2) is 41.9 Å². The molecule has 0 fully saturated rings. The van der Waals surface area contributed by atoms with E-state index in [4.69, 9.17) is 4.74 Å². The number of carbonyl (C=O) groups is 1. The number of ether oxygens (including phenoxy) is 1. The van der Waals surface area contributed by atoms with Crippen LogP contribution in [0.1, 0.15) is 24.1 Å². The highest BCUT2D eigenvalue weighted by Gasteiger charge is 2.33. The molecule has 6 heteroatoms. The number of methoxy groups -OCH3 is 1. The summed E-state index contributed by atoms with van der Waals surface area (Å²) in [6.07, 6.45) is 1.47. The van der Waals surface area contributed by atoms with Crippen LogP contribution in [0.5, 0.6) is 0 Å². The van der Waals surface area contributed by atoms with Crippen molar-refractivity contribution in [3.05, 3.63) is 53.0 Å². The molecule has 1 N–H and O–H groups in total. The van der Waals surface area contributed by atoms with Crippen LogP contribution in [0.2, 0.25) is 0 Å². The van der Waals surface area contributed by atoms with Gasteiger partial charge in [0.05, 0.1) is 12.7 Å². The lowest BCUT2D eigenvalue weighted by molar-refractivity contribution is -0.136. The lowest BCUT2D eigenvalue weighted by Gasteiger charge is -2.28. The first-order chi connectivity index (χ1) is 10.1. The van der Waals surface area contributed by atoms with E-state index in [1.807, 2.05) is 38.1 Å². The first kappa shape index (κ1) is 13.4. The Morgan fingerprint density at radius 1 is 1.38 bits per heavy atom. The summed E-state index contributed by atoms with van der Waals surface area (Å²) < 4.78 is 6.64. The summed E-state index contributed by atoms with van der Waals surface area (Å²) in [5, 5.41) is 7.33. The maximum absolute atomic E-state index is 12.2. The minimum atomic E-state index is -0.368. The van der Waals surface area contributed by atoms with Crippen LogP contribution in [0.25, 0.3) is 0 Å². The van der Waals surface area contributed by atoms with Crippen LogP contribution in [-0.4, -0.2) is 27.8 Å². The SMILES string of the molecule is COC(=O)C1=C(C)Nc2ncnn2[C@H]1c1cccc(C)c1. The minimum Gasteiger partial charge on any atom is -0.466 e. The zero-order valence-electron chi connectivity index (χ0n) is 12.1. The van der Waals surface area contributed by atoms with Gasteiger partial charge in [0.2, 0.25) is 5.95 Å². The summed E-state index contributed by atoms with van der Waals surface area (Å²) >= 11 is 0. The van der Waals surface area contributed by atoms with Crippen molar-refractivity contribution in [2.24, 2.45) is 0 Å². The minimum absolute atomic E-state index is 0.337. The second-order valence-corrected chi connectivity index (χ2v) is 5.00. The Bertz CT molecular complexity index is 733.